The van der Waals surface area contributed by atoms with Crippen LogP contribution in [0.4, 0.5) is 5.95 Å². The average Bonchev–Trinajstić information content (AvgIpc) is 3.02. The summed E-state index contributed by atoms with van der Waals surface area (Å²) in [6.45, 7) is 6.45. The van der Waals surface area contributed by atoms with Crippen LogP contribution < -0.4 is 5.32 Å². The van der Waals surface area contributed by atoms with Gasteiger partial charge in [-0.05, 0) is 36.0 Å². The molecule has 0 spiro atoms. The molecular weight excluding hydrogens is 392 g/mol. The molecule has 1 atom stereocenters. The van der Waals surface area contributed by atoms with Crippen LogP contribution in [0.5, 0.6) is 0 Å². The van der Waals surface area contributed by atoms with E-state index in [9.17, 15) is 4.79 Å². The Morgan fingerprint density at radius 2 is 2.04 bits per heavy atom. The number of thioether (sulfide) groups is 1. The first-order valence-electron chi connectivity index (χ1n) is 9.76. The minimum Gasteiger partial charge on any atom is -0.328 e. The number of ketones is 1. The lowest BCUT2D eigenvalue weighted by molar-refractivity contribution is -0.118. The summed E-state index contributed by atoms with van der Waals surface area (Å²) in [5.74, 6) is 1.88. The lowest BCUT2D eigenvalue weighted by Crippen LogP contribution is -2.36. The van der Waals surface area contributed by atoms with E-state index in [0.717, 1.165) is 47.0 Å². The molecule has 2 aliphatic rings. The molecule has 0 saturated carbocycles. The fraction of sp³-hybridized carbons (Fsp3) is 0.476. The van der Waals surface area contributed by atoms with Crippen LogP contribution in [-0.2, 0) is 4.79 Å². The number of Topliss-reactive ketones (excluding diaryl/α,β-unsaturated/α-hetero) is 1. The van der Waals surface area contributed by atoms with Crippen LogP contribution in [-0.4, -0.2) is 26.3 Å². The van der Waals surface area contributed by atoms with Gasteiger partial charge >= 0.3 is 0 Å². The van der Waals surface area contributed by atoms with Crippen molar-refractivity contribution in [3.05, 3.63) is 46.1 Å². The van der Waals surface area contributed by atoms with Crippen LogP contribution in [0.3, 0.4) is 0 Å². The molecule has 0 fully saturated rings. The third-order valence-corrected chi connectivity index (χ3v) is 6.40. The minimum atomic E-state index is -0.264. The maximum absolute atomic E-state index is 13.1. The molecule has 2 aromatic rings. The Balaban J connectivity index is 1.78. The van der Waals surface area contributed by atoms with Gasteiger partial charge in [0.05, 0.1) is 0 Å². The molecule has 0 radical (unpaired) electrons. The molecule has 1 aromatic carbocycles. The van der Waals surface area contributed by atoms with Crippen molar-refractivity contribution in [1.29, 1.82) is 0 Å². The number of aromatic nitrogens is 3. The van der Waals surface area contributed by atoms with Crippen molar-refractivity contribution in [1.82, 2.24) is 14.8 Å². The van der Waals surface area contributed by atoms with Gasteiger partial charge in [-0.3, -0.25) is 4.79 Å². The molecule has 5 nitrogen and oxygen atoms in total. The molecular formula is C21H25ClN4OS. The van der Waals surface area contributed by atoms with Crippen LogP contribution in [0, 0.1) is 5.41 Å². The molecule has 0 saturated heterocycles. The van der Waals surface area contributed by atoms with E-state index in [-0.39, 0.29) is 17.2 Å². The van der Waals surface area contributed by atoms with E-state index >= 15 is 0 Å². The fourth-order valence-electron chi connectivity index (χ4n) is 3.91. The maximum atomic E-state index is 13.1. The van der Waals surface area contributed by atoms with Gasteiger partial charge in [-0.2, -0.15) is 4.98 Å². The van der Waals surface area contributed by atoms with Gasteiger partial charge in [-0.25, -0.2) is 4.68 Å². The Labute approximate surface area is 174 Å². The summed E-state index contributed by atoms with van der Waals surface area (Å²) in [5.41, 5.74) is 2.73. The van der Waals surface area contributed by atoms with Crippen molar-refractivity contribution in [2.75, 3.05) is 11.1 Å². The second kappa shape index (κ2) is 7.56. The third kappa shape index (κ3) is 3.72. The topological polar surface area (TPSA) is 59.8 Å². The second-order valence-corrected chi connectivity index (χ2v) is 9.78. The van der Waals surface area contributed by atoms with E-state index in [0.29, 0.717) is 17.4 Å². The summed E-state index contributed by atoms with van der Waals surface area (Å²) < 4.78 is 1.87. The molecule has 148 valence electrons. The molecule has 1 aromatic heterocycles. The Morgan fingerprint density at radius 3 is 2.75 bits per heavy atom. The Kier molecular flexibility index (Phi) is 5.27. The van der Waals surface area contributed by atoms with Crippen molar-refractivity contribution < 1.29 is 4.79 Å². The monoisotopic (exact) mass is 416 g/mol. The van der Waals surface area contributed by atoms with Gasteiger partial charge in [0.1, 0.15) is 6.04 Å². The van der Waals surface area contributed by atoms with Gasteiger partial charge in [0.15, 0.2) is 5.78 Å². The van der Waals surface area contributed by atoms with Crippen LogP contribution in [0.1, 0.15) is 58.1 Å². The summed E-state index contributed by atoms with van der Waals surface area (Å²) >= 11 is 7.76. The molecule has 1 N–H and O–H groups in total. The summed E-state index contributed by atoms with van der Waals surface area (Å²) in [6, 6.07) is 7.42. The number of nitrogens with one attached hydrogen (secondary N) is 1. The van der Waals surface area contributed by atoms with Crippen LogP contribution in [0.25, 0.3) is 0 Å². The molecule has 1 aliphatic heterocycles. The van der Waals surface area contributed by atoms with E-state index in [1.54, 1.807) is 11.8 Å². The number of rotatable bonds is 5. The predicted molar refractivity (Wildman–Crippen MR) is 114 cm³/mol. The lowest BCUT2D eigenvalue weighted by Gasteiger charge is -2.38. The van der Waals surface area contributed by atoms with Gasteiger partial charge in [0, 0.05) is 28.5 Å². The van der Waals surface area contributed by atoms with Crippen LogP contribution >= 0.6 is 23.4 Å². The third-order valence-electron chi connectivity index (χ3n) is 5.23. The zero-order valence-electron chi connectivity index (χ0n) is 16.5. The normalized spacial score (nSPS) is 20.6. The summed E-state index contributed by atoms with van der Waals surface area (Å²) in [7, 11) is 0. The van der Waals surface area contributed by atoms with Crippen molar-refractivity contribution >= 4 is 35.1 Å². The number of nitrogens with zero attached hydrogens (tertiary/aromatic N) is 3. The first kappa shape index (κ1) is 19.5. The van der Waals surface area contributed by atoms with Gasteiger partial charge in [0.2, 0.25) is 11.1 Å². The average molecular weight is 417 g/mol. The molecule has 7 heteroatoms. The first-order valence-corrected chi connectivity index (χ1v) is 11.1. The number of carbonyl (C=O) groups is 1. The van der Waals surface area contributed by atoms with Crippen molar-refractivity contribution in [3.8, 4) is 0 Å². The number of benzene rings is 1. The molecule has 0 unspecified atom stereocenters. The number of halogens is 1. The Hall–Kier alpha value is -1.79. The van der Waals surface area contributed by atoms with Gasteiger partial charge < -0.3 is 5.32 Å². The quantitative estimate of drug-likeness (QED) is 0.516. The van der Waals surface area contributed by atoms with E-state index in [1.165, 1.54) is 0 Å². The molecule has 0 bridgehead atoms. The molecule has 4 rings (SSSR count). The van der Waals surface area contributed by atoms with E-state index in [2.05, 4.69) is 26.1 Å². The smallest absolute Gasteiger partial charge is 0.227 e. The van der Waals surface area contributed by atoms with Gasteiger partial charge in [-0.1, -0.05) is 62.7 Å². The highest BCUT2D eigenvalue weighted by atomic mass is 35.5. The van der Waals surface area contributed by atoms with Crippen molar-refractivity contribution in [3.63, 3.8) is 0 Å². The van der Waals surface area contributed by atoms with Gasteiger partial charge in [0.25, 0.3) is 0 Å². The summed E-state index contributed by atoms with van der Waals surface area (Å²) in [4.78, 5) is 17.8. The lowest BCUT2D eigenvalue weighted by atomic mass is 9.73. The molecule has 28 heavy (non-hydrogen) atoms. The highest BCUT2D eigenvalue weighted by molar-refractivity contribution is 7.99. The SMILES string of the molecule is CCCCSc1nc2n(n1)[C@@H](c1ccc(Cl)cc1)C1=C(CC(C)(C)CC1=O)N2. The second-order valence-electron chi connectivity index (χ2n) is 8.28. The zero-order chi connectivity index (χ0) is 19.9. The molecule has 1 aliphatic carbocycles. The highest BCUT2D eigenvalue weighted by Crippen LogP contribution is 2.45. The largest absolute Gasteiger partial charge is 0.328 e. The fourth-order valence-corrected chi connectivity index (χ4v) is 4.95. The Bertz CT molecular complexity index is 932. The number of allylic oxidation sites excluding steroid dienone is 2. The van der Waals surface area contributed by atoms with Crippen LogP contribution in [0.2, 0.25) is 5.02 Å². The van der Waals surface area contributed by atoms with Crippen molar-refractivity contribution in [2.24, 2.45) is 5.41 Å². The van der Waals surface area contributed by atoms with Crippen molar-refractivity contribution in [2.45, 2.75) is 57.7 Å². The number of hydrogen-bond donors (Lipinski definition) is 1. The zero-order valence-corrected chi connectivity index (χ0v) is 18.0. The van der Waals surface area contributed by atoms with E-state index in [1.807, 2.05) is 28.9 Å². The summed E-state index contributed by atoms with van der Waals surface area (Å²) in [6.07, 6.45) is 3.64. The predicted octanol–water partition coefficient (Wildman–Crippen LogP) is 5.48. The Morgan fingerprint density at radius 1 is 1.29 bits per heavy atom. The van der Waals surface area contributed by atoms with E-state index in [4.69, 9.17) is 21.7 Å². The highest BCUT2D eigenvalue weighted by Gasteiger charge is 2.41. The maximum Gasteiger partial charge on any atom is 0.227 e. The standard InChI is InChI=1S/C21H25ClN4OS/c1-4-5-10-28-20-24-19-23-15-11-21(2,3)12-16(27)17(15)18(26(19)25-20)13-6-8-14(22)9-7-13/h6-9,18H,4-5,10-12H2,1-3H3,(H,23,24,25)/t18-/m0/s1. The minimum absolute atomic E-state index is 0.0612. The van der Waals surface area contributed by atoms with Crippen LogP contribution in [0.15, 0.2) is 40.7 Å². The molecule has 2 heterocycles. The van der Waals surface area contributed by atoms with E-state index < -0.39 is 0 Å². The molecule has 0 amide bonds. The number of carbonyl (C=O) groups excluding carboxylic acids is 1. The number of fused-ring (bicyclic) bond motifs is 1. The summed E-state index contributed by atoms with van der Waals surface area (Å²) in [5, 5.41) is 9.60. The number of anilines is 1. The number of unbranched alkanes of at least 4 members (excludes halogenated alkanes) is 1. The first-order chi connectivity index (χ1) is 13.4. The van der Waals surface area contributed by atoms with Gasteiger partial charge in [-0.15, -0.1) is 5.10 Å². The number of hydrogen-bond acceptors (Lipinski definition) is 5.